The first-order valence-electron chi connectivity index (χ1n) is 4.28. The Morgan fingerprint density at radius 1 is 1.50 bits per heavy atom. The molecule has 0 saturated carbocycles. The highest BCUT2D eigenvalue weighted by Crippen LogP contribution is 2.29. The summed E-state index contributed by atoms with van der Waals surface area (Å²) in [6.07, 6.45) is 0. The Hall–Kier alpha value is -1.37. The van der Waals surface area contributed by atoms with Crippen molar-refractivity contribution in [3.63, 3.8) is 0 Å². The lowest BCUT2D eigenvalue weighted by Gasteiger charge is -1.99. The molecule has 0 bridgehead atoms. The van der Waals surface area contributed by atoms with Crippen molar-refractivity contribution < 1.29 is 5.11 Å². The summed E-state index contributed by atoms with van der Waals surface area (Å²) in [6, 6.07) is 5.85. The van der Waals surface area contributed by atoms with Crippen LogP contribution in [0.3, 0.4) is 0 Å². The Balaban J connectivity index is 2.80. The number of hydrogen-bond donors (Lipinski definition) is 1. The van der Waals surface area contributed by atoms with Gasteiger partial charge in [-0.15, -0.1) is 11.3 Å². The molecule has 2 nitrogen and oxygen atoms in total. The average Bonchev–Trinajstić information content (AvgIpc) is 2.61. The van der Waals surface area contributed by atoms with Crippen molar-refractivity contribution in [2.45, 2.75) is 13.5 Å². The highest BCUT2D eigenvalue weighted by molar-refractivity contribution is 7.17. The van der Waals surface area contributed by atoms with Gasteiger partial charge < -0.3 is 5.11 Å². The summed E-state index contributed by atoms with van der Waals surface area (Å²) in [5.74, 6) is 0. The van der Waals surface area contributed by atoms with Gasteiger partial charge in [0.15, 0.2) is 0 Å². The minimum Gasteiger partial charge on any atom is -0.392 e. The molecule has 70 valence electrons. The number of aliphatic hydroxyl groups excluding tert-OH is 1. The van der Waals surface area contributed by atoms with Gasteiger partial charge in [0, 0.05) is 10.1 Å². The van der Waals surface area contributed by atoms with Crippen LogP contribution in [0.2, 0.25) is 0 Å². The molecule has 2 aromatic rings. The molecule has 0 spiro atoms. The van der Waals surface area contributed by atoms with Crippen molar-refractivity contribution in [3.8, 4) is 6.07 Å². The summed E-state index contributed by atoms with van der Waals surface area (Å²) >= 11 is 1.57. The molecule has 0 aliphatic rings. The van der Waals surface area contributed by atoms with Crippen molar-refractivity contribution >= 4 is 21.4 Å². The number of thiophene rings is 1. The molecule has 1 aromatic heterocycles. The predicted molar refractivity (Wildman–Crippen MR) is 57.2 cm³/mol. The van der Waals surface area contributed by atoms with E-state index in [0.29, 0.717) is 5.56 Å². The normalized spacial score (nSPS) is 10.4. The van der Waals surface area contributed by atoms with E-state index in [1.54, 1.807) is 11.3 Å². The van der Waals surface area contributed by atoms with Crippen LogP contribution in [0.5, 0.6) is 0 Å². The molecule has 0 saturated heterocycles. The number of nitriles is 1. The Labute approximate surface area is 86.0 Å². The second-order valence-corrected chi connectivity index (χ2v) is 4.11. The highest BCUT2D eigenvalue weighted by atomic mass is 32.1. The van der Waals surface area contributed by atoms with Gasteiger partial charge in [0.2, 0.25) is 0 Å². The van der Waals surface area contributed by atoms with Gasteiger partial charge in [-0.3, -0.25) is 0 Å². The fraction of sp³-hybridized carbons (Fsp3) is 0.182. The molecule has 1 N–H and O–H groups in total. The number of nitrogens with zero attached hydrogens (tertiary/aromatic N) is 1. The van der Waals surface area contributed by atoms with Crippen LogP contribution in [0.1, 0.15) is 16.7 Å². The monoisotopic (exact) mass is 203 g/mol. The second kappa shape index (κ2) is 3.41. The Morgan fingerprint density at radius 2 is 2.29 bits per heavy atom. The van der Waals surface area contributed by atoms with Crippen LogP contribution in [0, 0.1) is 18.3 Å². The van der Waals surface area contributed by atoms with Crippen LogP contribution in [0.25, 0.3) is 10.1 Å². The molecular weight excluding hydrogens is 194 g/mol. The maximum Gasteiger partial charge on any atom is 0.0992 e. The number of rotatable bonds is 1. The molecule has 0 radical (unpaired) electrons. The predicted octanol–water partition coefficient (Wildman–Crippen LogP) is 2.57. The van der Waals surface area contributed by atoms with Gasteiger partial charge in [-0.1, -0.05) is 0 Å². The summed E-state index contributed by atoms with van der Waals surface area (Å²) in [7, 11) is 0. The maximum absolute atomic E-state index is 9.12. The first-order chi connectivity index (χ1) is 6.76. The first-order valence-corrected chi connectivity index (χ1v) is 5.16. The summed E-state index contributed by atoms with van der Waals surface area (Å²) in [5, 5.41) is 20.9. The van der Waals surface area contributed by atoms with Crippen LogP contribution < -0.4 is 0 Å². The van der Waals surface area contributed by atoms with Gasteiger partial charge in [-0.25, -0.2) is 0 Å². The zero-order chi connectivity index (χ0) is 10.1. The van der Waals surface area contributed by atoms with Gasteiger partial charge in [0.05, 0.1) is 18.2 Å². The van der Waals surface area contributed by atoms with E-state index in [9.17, 15) is 0 Å². The fourth-order valence-electron chi connectivity index (χ4n) is 1.63. The average molecular weight is 203 g/mol. The second-order valence-electron chi connectivity index (χ2n) is 3.20. The van der Waals surface area contributed by atoms with Gasteiger partial charge >= 0.3 is 0 Å². The largest absolute Gasteiger partial charge is 0.392 e. The minimum absolute atomic E-state index is 0.0622. The van der Waals surface area contributed by atoms with Gasteiger partial charge in [-0.05, 0) is 35.6 Å². The van der Waals surface area contributed by atoms with Crippen LogP contribution in [0.4, 0.5) is 0 Å². The molecule has 2 rings (SSSR count). The third kappa shape index (κ3) is 1.29. The summed E-state index contributed by atoms with van der Waals surface area (Å²) < 4.78 is 1.07. The number of benzene rings is 1. The number of hydrogen-bond acceptors (Lipinski definition) is 3. The Morgan fingerprint density at radius 3 is 2.93 bits per heavy atom. The minimum atomic E-state index is 0.0622. The fourth-order valence-corrected chi connectivity index (χ4v) is 2.70. The van der Waals surface area contributed by atoms with E-state index in [1.165, 1.54) is 0 Å². The molecule has 0 unspecified atom stereocenters. The van der Waals surface area contributed by atoms with Crippen molar-refractivity contribution in [2.75, 3.05) is 0 Å². The SMILES string of the molecule is Cc1cc(C#N)cc2scc(CO)c12. The molecule has 1 heterocycles. The van der Waals surface area contributed by atoms with E-state index < -0.39 is 0 Å². The molecule has 1 aromatic carbocycles. The van der Waals surface area contributed by atoms with E-state index in [-0.39, 0.29) is 6.61 Å². The van der Waals surface area contributed by atoms with Crippen LogP contribution >= 0.6 is 11.3 Å². The zero-order valence-electron chi connectivity index (χ0n) is 7.74. The lowest BCUT2D eigenvalue weighted by molar-refractivity contribution is 0.284. The van der Waals surface area contributed by atoms with E-state index in [1.807, 2.05) is 24.4 Å². The molecule has 0 aliphatic heterocycles. The molecule has 0 atom stereocenters. The van der Waals surface area contributed by atoms with Gasteiger partial charge in [-0.2, -0.15) is 5.26 Å². The third-order valence-electron chi connectivity index (χ3n) is 2.25. The van der Waals surface area contributed by atoms with Crippen LogP contribution in [-0.4, -0.2) is 5.11 Å². The molecule has 3 heteroatoms. The molecule has 0 fully saturated rings. The van der Waals surface area contributed by atoms with Crippen molar-refractivity contribution in [2.24, 2.45) is 0 Å². The number of aryl methyl sites for hydroxylation is 1. The molecule has 0 aliphatic carbocycles. The van der Waals surface area contributed by atoms with E-state index in [4.69, 9.17) is 10.4 Å². The van der Waals surface area contributed by atoms with Crippen molar-refractivity contribution in [3.05, 3.63) is 34.2 Å². The zero-order valence-corrected chi connectivity index (χ0v) is 8.56. The van der Waals surface area contributed by atoms with Crippen molar-refractivity contribution in [1.29, 1.82) is 5.26 Å². The lowest BCUT2D eigenvalue weighted by Crippen LogP contribution is -1.84. The summed E-state index contributed by atoms with van der Waals surface area (Å²) in [5.41, 5.74) is 2.69. The Bertz CT molecular complexity index is 522. The molecule has 14 heavy (non-hydrogen) atoms. The topological polar surface area (TPSA) is 44.0 Å². The van der Waals surface area contributed by atoms with E-state index >= 15 is 0 Å². The lowest BCUT2D eigenvalue weighted by atomic mass is 10.1. The number of fused-ring (bicyclic) bond motifs is 1. The van der Waals surface area contributed by atoms with Gasteiger partial charge in [0.1, 0.15) is 0 Å². The van der Waals surface area contributed by atoms with Crippen molar-refractivity contribution in [1.82, 2.24) is 0 Å². The Kier molecular flexibility index (Phi) is 2.24. The first kappa shape index (κ1) is 9.20. The number of aliphatic hydroxyl groups is 1. The van der Waals surface area contributed by atoms with Crippen LogP contribution in [-0.2, 0) is 6.61 Å². The highest BCUT2D eigenvalue weighted by Gasteiger charge is 2.07. The third-order valence-corrected chi connectivity index (χ3v) is 3.23. The molecule has 0 amide bonds. The smallest absolute Gasteiger partial charge is 0.0992 e. The van der Waals surface area contributed by atoms with Gasteiger partial charge in [0.25, 0.3) is 0 Å². The summed E-state index contributed by atoms with van der Waals surface area (Å²) in [6.45, 7) is 2.03. The van der Waals surface area contributed by atoms with E-state index in [0.717, 1.165) is 21.2 Å². The summed E-state index contributed by atoms with van der Waals surface area (Å²) in [4.78, 5) is 0. The molecular formula is C11H9NOS. The maximum atomic E-state index is 9.12. The standard InChI is InChI=1S/C11H9NOS/c1-7-2-8(4-12)3-10-11(7)9(5-13)6-14-10/h2-3,6,13H,5H2,1H3. The quantitative estimate of drug-likeness (QED) is 0.774. The van der Waals surface area contributed by atoms with Crippen LogP contribution in [0.15, 0.2) is 17.5 Å². The van der Waals surface area contributed by atoms with E-state index in [2.05, 4.69) is 6.07 Å².